The number of hydrogen-bond donors (Lipinski definition) is 1. The molecule has 4 rings (SSSR count). The van der Waals surface area contributed by atoms with Crippen molar-refractivity contribution in [2.75, 3.05) is 5.43 Å². The van der Waals surface area contributed by atoms with E-state index in [1.165, 1.54) is 0 Å². The van der Waals surface area contributed by atoms with Crippen LogP contribution in [0.3, 0.4) is 0 Å². The van der Waals surface area contributed by atoms with E-state index in [1.54, 1.807) is 24.9 Å². The minimum atomic E-state index is 0.665. The monoisotopic (exact) mass is 347 g/mol. The molecule has 2 aromatic carbocycles. The lowest BCUT2D eigenvalue weighted by Gasteiger charge is -2.05. The van der Waals surface area contributed by atoms with Gasteiger partial charge < -0.3 is 4.57 Å². The molecule has 1 N–H and O–H groups in total. The molecule has 0 amide bonds. The van der Waals surface area contributed by atoms with E-state index in [0.717, 1.165) is 27.8 Å². The average molecular weight is 348 g/mol. The second-order valence-corrected chi connectivity index (χ2v) is 5.89. The molecule has 0 saturated carbocycles. The van der Waals surface area contributed by atoms with Crippen molar-refractivity contribution in [3.8, 4) is 5.69 Å². The lowest BCUT2D eigenvalue weighted by molar-refractivity contribution is 1.06. The molecule has 0 bridgehead atoms. The van der Waals surface area contributed by atoms with Crippen LogP contribution in [0.15, 0.2) is 78.6 Å². The van der Waals surface area contributed by atoms with E-state index < -0.39 is 0 Å². The minimum absolute atomic E-state index is 0.665. The Morgan fingerprint density at radius 2 is 1.92 bits per heavy atom. The predicted octanol–water partition coefficient (Wildman–Crippen LogP) is 4.52. The van der Waals surface area contributed by atoms with Crippen LogP contribution in [0.2, 0.25) is 5.02 Å². The SMILES string of the molecule is Clc1ccc2c(N/N=C\c3ccc(-n4ccnc4)cc3)ccnc2c1. The predicted molar refractivity (Wildman–Crippen MR) is 102 cm³/mol. The van der Waals surface area contributed by atoms with Crippen molar-refractivity contribution < 1.29 is 0 Å². The van der Waals surface area contributed by atoms with Gasteiger partial charge in [0.25, 0.3) is 0 Å². The van der Waals surface area contributed by atoms with Crippen LogP contribution in [0, 0.1) is 0 Å². The van der Waals surface area contributed by atoms with E-state index in [4.69, 9.17) is 11.6 Å². The molecular formula is C19H14ClN5. The smallest absolute Gasteiger partial charge is 0.0991 e. The van der Waals surface area contributed by atoms with Gasteiger partial charge >= 0.3 is 0 Å². The van der Waals surface area contributed by atoms with Crippen LogP contribution in [0.4, 0.5) is 5.69 Å². The number of nitrogens with one attached hydrogen (secondary N) is 1. The zero-order valence-corrected chi connectivity index (χ0v) is 13.9. The molecule has 4 aromatic rings. The molecule has 0 atom stereocenters. The van der Waals surface area contributed by atoms with Crippen LogP contribution in [0.25, 0.3) is 16.6 Å². The fourth-order valence-corrected chi connectivity index (χ4v) is 2.71. The highest BCUT2D eigenvalue weighted by Crippen LogP contribution is 2.24. The summed E-state index contributed by atoms with van der Waals surface area (Å²) < 4.78 is 1.95. The van der Waals surface area contributed by atoms with Crippen molar-refractivity contribution in [3.63, 3.8) is 0 Å². The summed E-state index contributed by atoms with van der Waals surface area (Å²) >= 11 is 6.01. The van der Waals surface area contributed by atoms with E-state index in [9.17, 15) is 0 Å². The Labute approximate surface area is 149 Å². The van der Waals surface area contributed by atoms with Gasteiger partial charge in [-0.1, -0.05) is 23.7 Å². The van der Waals surface area contributed by atoms with Crippen LogP contribution in [-0.4, -0.2) is 20.7 Å². The van der Waals surface area contributed by atoms with Crippen LogP contribution in [0.1, 0.15) is 5.56 Å². The number of hydrogen-bond acceptors (Lipinski definition) is 4. The molecule has 0 aliphatic rings. The van der Waals surface area contributed by atoms with Gasteiger partial charge in [0.1, 0.15) is 0 Å². The summed E-state index contributed by atoms with van der Waals surface area (Å²) in [6.45, 7) is 0. The molecule has 0 unspecified atom stereocenters. The normalized spacial score (nSPS) is 11.2. The van der Waals surface area contributed by atoms with Gasteiger partial charge in [-0.3, -0.25) is 10.4 Å². The summed E-state index contributed by atoms with van der Waals surface area (Å²) in [4.78, 5) is 8.37. The minimum Gasteiger partial charge on any atom is -0.306 e. The molecular weight excluding hydrogens is 334 g/mol. The topological polar surface area (TPSA) is 55.1 Å². The molecule has 2 heterocycles. The summed E-state index contributed by atoms with van der Waals surface area (Å²) in [6, 6.07) is 15.5. The van der Waals surface area contributed by atoms with E-state index in [0.29, 0.717) is 5.02 Å². The summed E-state index contributed by atoms with van der Waals surface area (Å²) in [5.74, 6) is 0. The van der Waals surface area contributed by atoms with Gasteiger partial charge in [0.05, 0.1) is 23.7 Å². The summed E-state index contributed by atoms with van der Waals surface area (Å²) in [6.07, 6.45) is 8.94. The number of rotatable bonds is 4. The molecule has 5 nitrogen and oxygen atoms in total. The number of anilines is 1. The van der Waals surface area contributed by atoms with Crippen molar-refractivity contribution >= 4 is 34.4 Å². The molecule has 2 aromatic heterocycles. The Bertz CT molecular complexity index is 1020. The fourth-order valence-electron chi connectivity index (χ4n) is 2.54. The van der Waals surface area contributed by atoms with Gasteiger partial charge in [-0.05, 0) is 42.0 Å². The zero-order chi connectivity index (χ0) is 17.1. The van der Waals surface area contributed by atoms with Crippen molar-refractivity contribution in [2.24, 2.45) is 5.10 Å². The van der Waals surface area contributed by atoms with Crippen molar-refractivity contribution in [1.29, 1.82) is 0 Å². The Morgan fingerprint density at radius 3 is 2.72 bits per heavy atom. The Kier molecular flexibility index (Phi) is 4.14. The first-order valence-electron chi connectivity index (χ1n) is 7.71. The number of hydrazone groups is 1. The first-order chi connectivity index (χ1) is 12.3. The highest BCUT2D eigenvalue weighted by atomic mass is 35.5. The highest BCUT2D eigenvalue weighted by Gasteiger charge is 2.01. The number of pyridine rings is 1. The highest BCUT2D eigenvalue weighted by molar-refractivity contribution is 6.31. The molecule has 25 heavy (non-hydrogen) atoms. The summed E-state index contributed by atoms with van der Waals surface area (Å²) in [5, 5.41) is 5.96. The van der Waals surface area contributed by atoms with Gasteiger partial charge in [-0.2, -0.15) is 5.10 Å². The largest absolute Gasteiger partial charge is 0.306 e. The number of halogens is 1. The maximum absolute atomic E-state index is 6.01. The molecule has 0 saturated heterocycles. The molecule has 122 valence electrons. The third-order valence-electron chi connectivity index (χ3n) is 3.80. The number of imidazole rings is 1. The molecule has 6 heteroatoms. The van der Waals surface area contributed by atoms with Crippen LogP contribution in [-0.2, 0) is 0 Å². The molecule has 0 aliphatic heterocycles. The van der Waals surface area contributed by atoms with Gasteiger partial charge in [-0.25, -0.2) is 4.98 Å². The number of aromatic nitrogens is 3. The second-order valence-electron chi connectivity index (χ2n) is 5.45. The third-order valence-corrected chi connectivity index (χ3v) is 4.03. The Morgan fingerprint density at radius 1 is 1.04 bits per heavy atom. The lowest BCUT2D eigenvalue weighted by Crippen LogP contribution is -1.94. The molecule has 0 spiro atoms. The second kappa shape index (κ2) is 6.75. The average Bonchev–Trinajstić information content (AvgIpc) is 3.17. The zero-order valence-electron chi connectivity index (χ0n) is 13.2. The standard InChI is InChI=1S/C19H14ClN5/c20-15-3-6-17-18(7-8-22-19(17)11-15)24-23-12-14-1-4-16(5-2-14)25-10-9-21-13-25/h1-13H,(H,22,24)/b23-12-. The van der Waals surface area contributed by atoms with Crippen LogP contribution in [0.5, 0.6) is 0 Å². The van der Waals surface area contributed by atoms with Crippen molar-refractivity contribution in [3.05, 3.63) is 84.0 Å². The molecule has 0 aliphatic carbocycles. The maximum atomic E-state index is 6.01. The lowest BCUT2D eigenvalue weighted by atomic mass is 10.2. The summed E-state index contributed by atoms with van der Waals surface area (Å²) in [7, 11) is 0. The first-order valence-corrected chi connectivity index (χ1v) is 8.09. The Hall–Kier alpha value is -3.18. The Balaban J connectivity index is 1.51. The maximum Gasteiger partial charge on any atom is 0.0991 e. The van der Waals surface area contributed by atoms with E-state index >= 15 is 0 Å². The number of benzene rings is 2. The van der Waals surface area contributed by atoms with Crippen molar-refractivity contribution in [1.82, 2.24) is 14.5 Å². The van der Waals surface area contributed by atoms with Gasteiger partial charge in [0.2, 0.25) is 0 Å². The van der Waals surface area contributed by atoms with Gasteiger partial charge in [-0.15, -0.1) is 0 Å². The first kappa shape index (κ1) is 15.4. The van der Waals surface area contributed by atoms with E-state index in [1.807, 2.05) is 59.3 Å². The molecule has 0 radical (unpaired) electrons. The summed E-state index contributed by atoms with van der Waals surface area (Å²) in [5.41, 5.74) is 6.84. The van der Waals surface area contributed by atoms with Gasteiger partial charge in [0, 0.05) is 34.7 Å². The molecule has 0 fully saturated rings. The third kappa shape index (κ3) is 3.36. The van der Waals surface area contributed by atoms with Crippen LogP contribution >= 0.6 is 11.6 Å². The quantitative estimate of drug-likeness (QED) is 0.436. The number of nitrogens with zero attached hydrogens (tertiary/aromatic N) is 4. The number of fused-ring (bicyclic) bond motifs is 1. The van der Waals surface area contributed by atoms with E-state index in [-0.39, 0.29) is 0 Å². The van der Waals surface area contributed by atoms with Gasteiger partial charge in [0.15, 0.2) is 0 Å². The van der Waals surface area contributed by atoms with Crippen molar-refractivity contribution in [2.45, 2.75) is 0 Å². The van der Waals surface area contributed by atoms with E-state index in [2.05, 4.69) is 20.5 Å². The van der Waals surface area contributed by atoms with Crippen LogP contribution < -0.4 is 5.43 Å². The fraction of sp³-hybridized carbons (Fsp3) is 0.